The first-order valence-electron chi connectivity index (χ1n) is 12.1. The first-order valence-corrected chi connectivity index (χ1v) is 12.1. The van der Waals surface area contributed by atoms with Gasteiger partial charge in [0.2, 0.25) is 0 Å². The maximum Gasteiger partial charge on any atom is 0.156 e. The first kappa shape index (κ1) is 21.1. The molecule has 0 radical (unpaired) electrons. The molecule has 0 spiro atoms. The zero-order valence-corrected chi connectivity index (χ0v) is 19.2. The average Bonchev–Trinajstić information content (AvgIpc) is 3.03. The van der Waals surface area contributed by atoms with Crippen LogP contribution in [0.1, 0.15) is 86.0 Å². The number of carbonyl (C=O) groups is 2. The summed E-state index contributed by atoms with van der Waals surface area (Å²) in [6.45, 7) is 11.5. The Kier molecular flexibility index (Phi) is 5.45. The fourth-order valence-electron chi connectivity index (χ4n) is 7.83. The monoisotopic (exact) mass is 396 g/mol. The molecule has 7 atom stereocenters. The molecule has 4 aliphatic carbocycles. The van der Waals surface area contributed by atoms with Gasteiger partial charge in [-0.25, -0.2) is 0 Å². The van der Waals surface area contributed by atoms with E-state index in [1.54, 1.807) is 0 Å². The van der Waals surface area contributed by atoms with Crippen molar-refractivity contribution in [3.8, 4) is 0 Å². The summed E-state index contributed by atoms with van der Waals surface area (Å²) < 4.78 is 0. The Morgan fingerprint density at radius 2 is 1.86 bits per heavy atom. The summed E-state index contributed by atoms with van der Waals surface area (Å²) in [4.78, 5) is 24.2. The van der Waals surface area contributed by atoms with E-state index in [-0.39, 0.29) is 11.3 Å². The van der Waals surface area contributed by atoms with E-state index in [9.17, 15) is 9.59 Å². The van der Waals surface area contributed by atoms with Crippen LogP contribution in [0.25, 0.3) is 0 Å². The maximum absolute atomic E-state index is 12.2. The fraction of sp³-hybridized carbons (Fsp3) is 0.778. The van der Waals surface area contributed by atoms with Gasteiger partial charge >= 0.3 is 0 Å². The zero-order valence-electron chi connectivity index (χ0n) is 19.2. The van der Waals surface area contributed by atoms with Crippen molar-refractivity contribution in [2.75, 3.05) is 0 Å². The SMILES string of the molecule is CC(C)C(=O)CCC(C)C1CCC2C3C=CC4=CC(=O)CCC4(C)C3CCC12C. The Morgan fingerprint density at radius 1 is 1.10 bits per heavy atom. The number of carbonyl (C=O) groups excluding carboxylic acids is 2. The first-order chi connectivity index (χ1) is 13.7. The lowest BCUT2D eigenvalue weighted by Gasteiger charge is -2.56. The molecule has 0 N–H and O–H groups in total. The Labute approximate surface area is 177 Å². The van der Waals surface area contributed by atoms with Crippen LogP contribution in [-0.4, -0.2) is 11.6 Å². The average molecular weight is 397 g/mol. The molecule has 160 valence electrons. The largest absolute Gasteiger partial charge is 0.299 e. The summed E-state index contributed by atoms with van der Waals surface area (Å²) in [5.74, 6) is 4.42. The van der Waals surface area contributed by atoms with Crippen LogP contribution in [0, 0.1) is 46.3 Å². The van der Waals surface area contributed by atoms with Gasteiger partial charge in [-0.15, -0.1) is 0 Å². The van der Waals surface area contributed by atoms with Crippen molar-refractivity contribution in [3.63, 3.8) is 0 Å². The van der Waals surface area contributed by atoms with Crippen molar-refractivity contribution in [1.82, 2.24) is 0 Å². The normalized spacial score (nSPS) is 42.1. The molecule has 7 unspecified atom stereocenters. The van der Waals surface area contributed by atoms with E-state index in [0.717, 1.165) is 37.5 Å². The van der Waals surface area contributed by atoms with Crippen molar-refractivity contribution < 1.29 is 9.59 Å². The van der Waals surface area contributed by atoms with Crippen LogP contribution in [-0.2, 0) is 9.59 Å². The highest BCUT2D eigenvalue weighted by Gasteiger charge is 2.58. The van der Waals surface area contributed by atoms with Crippen molar-refractivity contribution in [2.45, 2.75) is 86.0 Å². The van der Waals surface area contributed by atoms with Crippen molar-refractivity contribution in [2.24, 2.45) is 46.3 Å². The van der Waals surface area contributed by atoms with Gasteiger partial charge in [-0.1, -0.05) is 46.8 Å². The van der Waals surface area contributed by atoms with Crippen LogP contribution in [0.5, 0.6) is 0 Å². The molecule has 0 amide bonds. The molecule has 4 aliphatic rings. The molecule has 0 aliphatic heterocycles. The van der Waals surface area contributed by atoms with Crippen LogP contribution in [0.15, 0.2) is 23.8 Å². The molecule has 2 fully saturated rings. The second kappa shape index (κ2) is 7.50. The third-order valence-electron chi connectivity index (χ3n) is 9.77. The van der Waals surface area contributed by atoms with Gasteiger partial charge in [0, 0.05) is 18.8 Å². The lowest BCUT2D eigenvalue weighted by atomic mass is 9.48. The van der Waals surface area contributed by atoms with Gasteiger partial charge in [0.05, 0.1) is 0 Å². The Bertz CT molecular complexity index is 744. The van der Waals surface area contributed by atoms with Crippen molar-refractivity contribution >= 4 is 11.6 Å². The van der Waals surface area contributed by atoms with Gasteiger partial charge in [-0.05, 0) is 90.6 Å². The fourth-order valence-corrected chi connectivity index (χ4v) is 7.83. The zero-order chi connectivity index (χ0) is 21.0. The van der Waals surface area contributed by atoms with E-state index < -0.39 is 0 Å². The summed E-state index contributed by atoms with van der Waals surface area (Å²) in [5, 5.41) is 0. The van der Waals surface area contributed by atoms with Gasteiger partial charge < -0.3 is 0 Å². The minimum absolute atomic E-state index is 0.169. The molecule has 0 saturated heterocycles. The summed E-state index contributed by atoms with van der Waals surface area (Å²) in [7, 11) is 0. The Morgan fingerprint density at radius 3 is 2.59 bits per heavy atom. The molecule has 0 bridgehead atoms. The van der Waals surface area contributed by atoms with Crippen LogP contribution >= 0.6 is 0 Å². The molecule has 2 saturated carbocycles. The third-order valence-corrected chi connectivity index (χ3v) is 9.77. The number of ketones is 2. The Balaban J connectivity index is 1.53. The topological polar surface area (TPSA) is 34.1 Å². The number of hydrogen-bond donors (Lipinski definition) is 0. The quantitative estimate of drug-likeness (QED) is 0.528. The predicted molar refractivity (Wildman–Crippen MR) is 118 cm³/mol. The minimum atomic E-state index is 0.169. The molecule has 4 rings (SSSR count). The number of fused-ring (bicyclic) bond motifs is 5. The van der Waals surface area contributed by atoms with E-state index in [1.165, 1.54) is 31.3 Å². The number of allylic oxidation sites excluding steroid dienone is 4. The van der Waals surface area contributed by atoms with Gasteiger partial charge in [0.15, 0.2) is 5.78 Å². The molecule has 2 nitrogen and oxygen atoms in total. The highest BCUT2D eigenvalue weighted by Crippen LogP contribution is 2.66. The van der Waals surface area contributed by atoms with Crippen LogP contribution in [0.3, 0.4) is 0 Å². The van der Waals surface area contributed by atoms with E-state index in [4.69, 9.17) is 0 Å². The standard InChI is InChI=1S/C27H40O2/c1-17(2)25(29)11-6-18(3)22-9-10-23-21-8-7-19-16-20(28)12-14-26(19,4)24(21)13-15-27(22,23)5/h7-8,16-18,21-24H,6,9-15H2,1-5H3. The molecule has 0 aromatic heterocycles. The van der Waals surface area contributed by atoms with E-state index in [1.807, 2.05) is 19.9 Å². The van der Waals surface area contributed by atoms with Gasteiger partial charge in [0.1, 0.15) is 5.78 Å². The van der Waals surface area contributed by atoms with Gasteiger partial charge in [0.25, 0.3) is 0 Å². The smallest absolute Gasteiger partial charge is 0.156 e. The molecule has 29 heavy (non-hydrogen) atoms. The molecule has 0 heterocycles. The molecule has 0 aromatic rings. The van der Waals surface area contributed by atoms with Crippen molar-refractivity contribution in [3.05, 3.63) is 23.8 Å². The molecular formula is C27H40O2. The summed E-state index contributed by atoms with van der Waals surface area (Å²) in [6.07, 6.45) is 15.6. The number of Topliss-reactive ketones (excluding diaryl/α,β-unsaturated/α-hetero) is 1. The van der Waals surface area contributed by atoms with E-state index >= 15 is 0 Å². The number of hydrogen-bond acceptors (Lipinski definition) is 2. The third kappa shape index (κ3) is 3.39. The molecule has 0 aromatic carbocycles. The van der Waals surface area contributed by atoms with Crippen molar-refractivity contribution in [1.29, 1.82) is 0 Å². The summed E-state index contributed by atoms with van der Waals surface area (Å²) in [6, 6.07) is 0. The van der Waals surface area contributed by atoms with Crippen LogP contribution in [0.4, 0.5) is 0 Å². The highest BCUT2D eigenvalue weighted by atomic mass is 16.1. The summed E-state index contributed by atoms with van der Waals surface area (Å²) >= 11 is 0. The van der Waals surface area contributed by atoms with Crippen LogP contribution in [0.2, 0.25) is 0 Å². The van der Waals surface area contributed by atoms with Crippen LogP contribution < -0.4 is 0 Å². The second-order valence-corrected chi connectivity index (χ2v) is 11.5. The lowest BCUT2D eigenvalue weighted by molar-refractivity contribution is -0.122. The summed E-state index contributed by atoms with van der Waals surface area (Å²) in [5.41, 5.74) is 1.91. The molecular weight excluding hydrogens is 356 g/mol. The van der Waals surface area contributed by atoms with E-state index in [2.05, 4.69) is 32.9 Å². The minimum Gasteiger partial charge on any atom is -0.299 e. The lowest BCUT2D eigenvalue weighted by Crippen LogP contribution is -2.49. The maximum atomic E-state index is 12.2. The number of rotatable bonds is 5. The second-order valence-electron chi connectivity index (χ2n) is 11.5. The van der Waals surface area contributed by atoms with Gasteiger partial charge in [-0.2, -0.15) is 0 Å². The predicted octanol–water partition coefficient (Wildman–Crippen LogP) is 6.55. The highest BCUT2D eigenvalue weighted by molar-refractivity contribution is 5.92. The van der Waals surface area contributed by atoms with Gasteiger partial charge in [-0.3, -0.25) is 9.59 Å². The van der Waals surface area contributed by atoms with E-state index in [0.29, 0.717) is 34.7 Å². The molecule has 2 heteroatoms. The Hall–Kier alpha value is -1.18.